The number of rotatable bonds is 6. The van der Waals surface area contributed by atoms with Crippen LogP contribution in [0.25, 0.3) is 10.8 Å². The van der Waals surface area contributed by atoms with E-state index in [1.807, 2.05) is 18.3 Å². The molecule has 2 N–H and O–H groups in total. The lowest BCUT2D eigenvalue weighted by Gasteiger charge is -2.15. The lowest BCUT2D eigenvalue weighted by molar-refractivity contribution is 0.414. The predicted molar refractivity (Wildman–Crippen MR) is 114 cm³/mol. The van der Waals surface area contributed by atoms with Gasteiger partial charge in [-0.25, -0.2) is 4.98 Å². The maximum Gasteiger partial charge on any atom is 0.134 e. The van der Waals surface area contributed by atoms with Crippen LogP contribution in [0, 0.1) is 6.92 Å². The summed E-state index contributed by atoms with van der Waals surface area (Å²) in [5, 5.41) is 13.5. The van der Waals surface area contributed by atoms with E-state index >= 15 is 0 Å². The van der Waals surface area contributed by atoms with Crippen molar-refractivity contribution < 1.29 is 4.74 Å². The highest BCUT2D eigenvalue weighted by Gasteiger charge is 2.09. The normalized spacial score (nSPS) is 10.7. The Kier molecular flexibility index (Phi) is 4.94. The van der Waals surface area contributed by atoms with Crippen molar-refractivity contribution in [1.82, 2.24) is 4.98 Å². The van der Waals surface area contributed by atoms with Crippen LogP contribution >= 0.6 is 11.3 Å². The quantitative estimate of drug-likeness (QED) is 0.436. The minimum atomic E-state index is 0.706. The number of methoxy groups -OCH3 is 1. The molecule has 0 fully saturated rings. The van der Waals surface area contributed by atoms with E-state index in [-0.39, 0.29) is 0 Å². The second-order valence-corrected chi connectivity index (χ2v) is 7.13. The van der Waals surface area contributed by atoms with Gasteiger partial charge in [-0.3, -0.25) is 0 Å². The topological polar surface area (TPSA) is 46.2 Å². The number of hydrogen-bond acceptors (Lipinski definition) is 5. The first kappa shape index (κ1) is 17.4. The van der Waals surface area contributed by atoms with E-state index in [1.54, 1.807) is 18.4 Å². The minimum absolute atomic E-state index is 0.706. The molecule has 4 aromatic rings. The molecule has 0 radical (unpaired) electrons. The molecule has 4 rings (SSSR count). The molecule has 136 valence electrons. The number of pyridine rings is 1. The van der Waals surface area contributed by atoms with Crippen molar-refractivity contribution in [3.8, 4) is 5.75 Å². The molecule has 0 saturated heterocycles. The smallest absolute Gasteiger partial charge is 0.134 e. The van der Waals surface area contributed by atoms with Crippen molar-refractivity contribution in [2.24, 2.45) is 0 Å². The molecule has 0 aliphatic carbocycles. The van der Waals surface area contributed by atoms with Crippen LogP contribution in [0.4, 0.5) is 17.2 Å². The van der Waals surface area contributed by atoms with Gasteiger partial charge < -0.3 is 15.4 Å². The summed E-state index contributed by atoms with van der Waals surface area (Å²) in [6, 6.07) is 16.5. The lowest BCUT2D eigenvalue weighted by Crippen LogP contribution is -2.03. The third-order valence-corrected chi connectivity index (χ3v) is 5.25. The lowest BCUT2D eigenvalue weighted by atomic mass is 10.1. The van der Waals surface area contributed by atoms with E-state index in [0.717, 1.165) is 33.7 Å². The zero-order valence-corrected chi connectivity index (χ0v) is 16.1. The maximum absolute atomic E-state index is 5.22. The van der Waals surface area contributed by atoms with Gasteiger partial charge in [-0.1, -0.05) is 24.3 Å². The minimum Gasteiger partial charge on any atom is -0.497 e. The Labute approximate surface area is 162 Å². The highest BCUT2D eigenvalue weighted by atomic mass is 32.1. The van der Waals surface area contributed by atoms with Gasteiger partial charge in [0.15, 0.2) is 0 Å². The Balaban J connectivity index is 1.63. The highest BCUT2D eigenvalue weighted by Crippen LogP contribution is 2.33. The number of aromatic nitrogens is 1. The molecule has 5 heteroatoms. The van der Waals surface area contributed by atoms with E-state index in [4.69, 9.17) is 4.74 Å². The van der Waals surface area contributed by atoms with Gasteiger partial charge >= 0.3 is 0 Å². The van der Waals surface area contributed by atoms with Gasteiger partial charge in [0.2, 0.25) is 0 Å². The van der Waals surface area contributed by atoms with Crippen LogP contribution in [-0.4, -0.2) is 12.1 Å². The number of thiophene rings is 1. The fourth-order valence-electron chi connectivity index (χ4n) is 3.08. The van der Waals surface area contributed by atoms with Crippen molar-refractivity contribution in [2.75, 3.05) is 17.7 Å². The first-order chi connectivity index (χ1) is 13.2. The number of anilines is 3. The van der Waals surface area contributed by atoms with E-state index in [9.17, 15) is 0 Å². The summed E-state index contributed by atoms with van der Waals surface area (Å²) in [6.45, 7) is 2.83. The molecule has 2 aromatic carbocycles. The summed E-state index contributed by atoms with van der Waals surface area (Å²) in [4.78, 5) is 4.56. The third-order valence-electron chi connectivity index (χ3n) is 4.56. The molecule has 27 heavy (non-hydrogen) atoms. The summed E-state index contributed by atoms with van der Waals surface area (Å²) in [5.74, 6) is 1.75. The average Bonchev–Trinajstić information content (AvgIpc) is 3.22. The molecule has 0 bridgehead atoms. The van der Waals surface area contributed by atoms with Gasteiger partial charge in [-0.15, -0.1) is 0 Å². The largest absolute Gasteiger partial charge is 0.497 e. The second kappa shape index (κ2) is 7.68. The highest BCUT2D eigenvalue weighted by molar-refractivity contribution is 7.08. The Morgan fingerprint density at radius 1 is 1.00 bits per heavy atom. The van der Waals surface area contributed by atoms with Crippen molar-refractivity contribution >= 4 is 39.3 Å². The van der Waals surface area contributed by atoms with E-state index < -0.39 is 0 Å². The number of hydrogen-bond donors (Lipinski definition) is 2. The molecular weight excluding hydrogens is 354 g/mol. The van der Waals surface area contributed by atoms with Crippen LogP contribution in [0.2, 0.25) is 0 Å². The van der Waals surface area contributed by atoms with Crippen molar-refractivity contribution in [2.45, 2.75) is 13.5 Å². The molecule has 2 heterocycles. The molecule has 0 aliphatic rings. The van der Waals surface area contributed by atoms with Crippen LogP contribution < -0.4 is 15.4 Å². The van der Waals surface area contributed by atoms with Crippen LogP contribution in [0.3, 0.4) is 0 Å². The summed E-state index contributed by atoms with van der Waals surface area (Å²) in [7, 11) is 1.68. The summed E-state index contributed by atoms with van der Waals surface area (Å²) in [5.41, 5.74) is 4.63. The van der Waals surface area contributed by atoms with Gasteiger partial charge in [-0.05, 0) is 47.7 Å². The summed E-state index contributed by atoms with van der Waals surface area (Å²) in [6.07, 6.45) is 1.86. The Hall–Kier alpha value is -3.05. The monoisotopic (exact) mass is 375 g/mol. The van der Waals surface area contributed by atoms with E-state index in [2.05, 4.69) is 69.7 Å². The Morgan fingerprint density at radius 3 is 2.59 bits per heavy atom. The number of fused-ring (bicyclic) bond motifs is 1. The van der Waals surface area contributed by atoms with Gasteiger partial charge in [0.1, 0.15) is 11.6 Å². The molecule has 0 atom stereocenters. The van der Waals surface area contributed by atoms with Crippen molar-refractivity contribution in [3.63, 3.8) is 0 Å². The van der Waals surface area contributed by atoms with E-state index in [0.29, 0.717) is 6.54 Å². The third kappa shape index (κ3) is 3.73. The average molecular weight is 375 g/mol. The standard InChI is InChI=1S/C22H21N3OS/c1-15-3-8-20-19(21(15)25-17-10-12-27-14-17)9-11-23-22(20)24-13-16-4-6-18(26-2)7-5-16/h3-12,14,25H,13H2,1-2H3,(H,23,24). The number of ether oxygens (including phenoxy) is 1. The van der Waals surface area contributed by atoms with Gasteiger partial charge in [-0.2, -0.15) is 11.3 Å². The molecule has 0 aliphatic heterocycles. The summed E-state index contributed by atoms with van der Waals surface area (Å²) < 4.78 is 5.22. The van der Waals surface area contributed by atoms with Crippen molar-refractivity contribution in [3.05, 3.63) is 76.6 Å². The maximum atomic E-state index is 5.22. The molecule has 0 unspecified atom stereocenters. The SMILES string of the molecule is COc1ccc(CNc2nccc3c(Nc4ccsc4)c(C)ccc23)cc1. The number of aryl methyl sites for hydroxylation is 1. The number of benzene rings is 2. The molecule has 0 saturated carbocycles. The first-order valence-corrected chi connectivity index (χ1v) is 9.73. The van der Waals surface area contributed by atoms with Crippen molar-refractivity contribution in [1.29, 1.82) is 0 Å². The summed E-state index contributed by atoms with van der Waals surface area (Å²) >= 11 is 1.69. The second-order valence-electron chi connectivity index (χ2n) is 6.35. The van der Waals surface area contributed by atoms with E-state index in [1.165, 1.54) is 11.1 Å². The zero-order valence-electron chi connectivity index (χ0n) is 15.3. The van der Waals surface area contributed by atoms with Crippen LogP contribution in [0.1, 0.15) is 11.1 Å². The molecule has 0 amide bonds. The van der Waals surface area contributed by atoms with Gasteiger partial charge in [0.05, 0.1) is 7.11 Å². The first-order valence-electron chi connectivity index (χ1n) is 8.79. The number of nitrogens with one attached hydrogen (secondary N) is 2. The Morgan fingerprint density at radius 2 is 1.85 bits per heavy atom. The fourth-order valence-corrected chi connectivity index (χ4v) is 3.67. The fraction of sp³-hybridized carbons (Fsp3) is 0.136. The zero-order chi connectivity index (χ0) is 18.6. The van der Waals surface area contributed by atoms with Gasteiger partial charge in [0, 0.05) is 40.3 Å². The van der Waals surface area contributed by atoms with Crippen LogP contribution in [0.15, 0.2) is 65.5 Å². The molecule has 4 nitrogen and oxygen atoms in total. The van der Waals surface area contributed by atoms with Crippen LogP contribution in [-0.2, 0) is 6.54 Å². The van der Waals surface area contributed by atoms with Crippen LogP contribution in [0.5, 0.6) is 5.75 Å². The predicted octanol–water partition coefficient (Wildman–Crippen LogP) is 5.97. The Bertz CT molecular complexity index is 1040. The molecule has 2 aromatic heterocycles. The number of nitrogens with zero attached hydrogens (tertiary/aromatic N) is 1. The van der Waals surface area contributed by atoms with Gasteiger partial charge in [0.25, 0.3) is 0 Å². The molecular formula is C22H21N3OS. The molecule has 0 spiro atoms.